The van der Waals surface area contributed by atoms with E-state index >= 15 is 0 Å². The summed E-state index contributed by atoms with van der Waals surface area (Å²) in [6.45, 7) is -0.0990. The van der Waals surface area contributed by atoms with Gasteiger partial charge >= 0.3 is 0 Å². The van der Waals surface area contributed by atoms with Crippen molar-refractivity contribution < 1.29 is 12.8 Å². The van der Waals surface area contributed by atoms with E-state index in [0.717, 1.165) is 6.26 Å². The van der Waals surface area contributed by atoms with Crippen LogP contribution in [0.2, 0.25) is 0 Å². The summed E-state index contributed by atoms with van der Waals surface area (Å²) >= 11 is 0. The van der Waals surface area contributed by atoms with Gasteiger partial charge in [0.2, 0.25) is 0 Å². The lowest BCUT2D eigenvalue weighted by molar-refractivity contribution is 0.353. The molecule has 0 aliphatic heterocycles. The molecular formula is C9H12FNO2S. The minimum Gasteiger partial charge on any atom is -0.327 e. The first kappa shape index (κ1) is 11.1. The molecule has 0 aliphatic carbocycles. The van der Waals surface area contributed by atoms with Gasteiger partial charge in [0.1, 0.15) is 6.17 Å². The molecule has 1 rings (SSSR count). The Morgan fingerprint density at radius 2 is 1.86 bits per heavy atom. The van der Waals surface area contributed by atoms with E-state index in [2.05, 4.69) is 0 Å². The zero-order valence-electron chi connectivity index (χ0n) is 7.77. The second-order valence-electron chi connectivity index (χ2n) is 3.04. The highest BCUT2D eigenvalue weighted by molar-refractivity contribution is 7.90. The van der Waals surface area contributed by atoms with Gasteiger partial charge in [-0.05, 0) is 17.7 Å². The lowest BCUT2D eigenvalue weighted by Gasteiger charge is -2.05. The van der Waals surface area contributed by atoms with Gasteiger partial charge in [0.25, 0.3) is 0 Å². The zero-order valence-corrected chi connectivity index (χ0v) is 8.59. The van der Waals surface area contributed by atoms with Crippen LogP contribution < -0.4 is 5.73 Å². The second-order valence-corrected chi connectivity index (χ2v) is 5.06. The Kier molecular flexibility index (Phi) is 3.23. The molecule has 1 atom stereocenters. The molecule has 14 heavy (non-hydrogen) atoms. The first-order valence-electron chi connectivity index (χ1n) is 4.09. The molecule has 0 aliphatic rings. The van der Waals surface area contributed by atoms with Crippen LogP contribution in [0, 0.1) is 0 Å². The molecule has 0 saturated heterocycles. The van der Waals surface area contributed by atoms with E-state index in [1.54, 1.807) is 0 Å². The van der Waals surface area contributed by atoms with E-state index in [1.807, 2.05) is 0 Å². The normalized spacial score (nSPS) is 13.9. The van der Waals surface area contributed by atoms with Crippen LogP contribution in [0.15, 0.2) is 29.2 Å². The van der Waals surface area contributed by atoms with Crippen molar-refractivity contribution in [1.29, 1.82) is 0 Å². The summed E-state index contributed by atoms with van der Waals surface area (Å²) in [4.78, 5) is 0.186. The van der Waals surface area contributed by atoms with Crippen molar-refractivity contribution in [2.45, 2.75) is 11.1 Å². The lowest BCUT2D eigenvalue weighted by Crippen LogP contribution is -2.07. The van der Waals surface area contributed by atoms with Gasteiger partial charge in [0.05, 0.1) is 4.90 Å². The summed E-state index contributed by atoms with van der Waals surface area (Å²) in [5.41, 5.74) is 5.54. The van der Waals surface area contributed by atoms with Crippen LogP contribution in [0.1, 0.15) is 11.7 Å². The maximum Gasteiger partial charge on any atom is 0.175 e. The van der Waals surface area contributed by atoms with E-state index in [9.17, 15) is 12.8 Å². The van der Waals surface area contributed by atoms with E-state index in [1.165, 1.54) is 24.3 Å². The Hall–Kier alpha value is -0.940. The highest BCUT2D eigenvalue weighted by atomic mass is 32.2. The van der Waals surface area contributed by atoms with E-state index < -0.39 is 16.0 Å². The summed E-state index contributed by atoms with van der Waals surface area (Å²) in [5.74, 6) is 0. The quantitative estimate of drug-likeness (QED) is 0.823. The van der Waals surface area contributed by atoms with Gasteiger partial charge in [0, 0.05) is 12.8 Å². The fourth-order valence-corrected chi connectivity index (χ4v) is 1.69. The highest BCUT2D eigenvalue weighted by Gasteiger charge is 2.10. The maximum atomic E-state index is 13.0. The molecule has 0 aromatic heterocycles. The van der Waals surface area contributed by atoms with Gasteiger partial charge in [-0.2, -0.15) is 0 Å². The predicted octanol–water partition coefficient (Wildman–Crippen LogP) is 1.06. The van der Waals surface area contributed by atoms with Crippen molar-refractivity contribution in [2.75, 3.05) is 12.8 Å². The molecule has 0 amide bonds. The second kappa shape index (κ2) is 4.06. The molecule has 0 fully saturated rings. The fourth-order valence-electron chi connectivity index (χ4n) is 1.06. The van der Waals surface area contributed by atoms with Gasteiger partial charge in [-0.25, -0.2) is 12.8 Å². The van der Waals surface area contributed by atoms with Gasteiger partial charge < -0.3 is 5.73 Å². The largest absolute Gasteiger partial charge is 0.327 e. The summed E-state index contributed by atoms with van der Waals surface area (Å²) in [7, 11) is -3.21. The minimum atomic E-state index is -3.21. The summed E-state index contributed by atoms with van der Waals surface area (Å²) in [5, 5.41) is 0. The minimum absolute atomic E-state index is 0.0990. The molecule has 5 heteroatoms. The van der Waals surface area contributed by atoms with Crippen LogP contribution in [0.3, 0.4) is 0 Å². The number of hydrogen-bond donors (Lipinski definition) is 1. The first-order valence-corrected chi connectivity index (χ1v) is 5.98. The molecule has 1 aromatic carbocycles. The number of hydrogen-bond acceptors (Lipinski definition) is 3. The molecule has 0 saturated carbocycles. The Morgan fingerprint density at radius 3 is 2.21 bits per heavy atom. The monoisotopic (exact) mass is 217 g/mol. The van der Waals surface area contributed by atoms with Crippen molar-refractivity contribution in [1.82, 2.24) is 0 Å². The average molecular weight is 217 g/mol. The van der Waals surface area contributed by atoms with Crippen LogP contribution in [-0.2, 0) is 9.84 Å². The molecule has 3 nitrogen and oxygen atoms in total. The van der Waals surface area contributed by atoms with Gasteiger partial charge in [-0.3, -0.25) is 0 Å². The van der Waals surface area contributed by atoms with Crippen molar-refractivity contribution in [3.63, 3.8) is 0 Å². The smallest absolute Gasteiger partial charge is 0.175 e. The number of rotatable bonds is 3. The molecule has 1 aromatic rings. The Morgan fingerprint density at radius 1 is 1.36 bits per heavy atom. The van der Waals surface area contributed by atoms with E-state index in [4.69, 9.17) is 5.73 Å². The third kappa shape index (κ3) is 2.52. The molecule has 1 unspecified atom stereocenters. The summed E-state index contributed by atoms with van der Waals surface area (Å²) in [6, 6.07) is 5.64. The Bertz CT molecular complexity index is 399. The third-order valence-electron chi connectivity index (χ3n) is 1.88. The van der Waals surface area contributed by atoms with Crippen LogP contribution >= 0.6 is 0 Å². The Labute approximate surface area is 82.7 Å². The van der Waals surface area contributed by atoms with Crippen LogP contribution in [0.25, 0.3) is 0 Å². The maximum absolute atomic E-state index is 13.0. The molecule has 0 spiro atoms. The van der Waals surface area contributed by atoms with Crippen molar-refractivity contribution in [3.05, 3.63) is 29.8 Å². The van der Waals surface area contributed by atoms with E-state index in [0.29, 0.717) is 5.56 Å². The number of halogens is 1. The topological polar surface area (TPSA) is 60.2 Å². The average Bonchev–Trinajstić information content (AvgIpc) is 2.15. The van der Waals surface area contributed by atoms with Gasteiger partial charge in [-0.15, -0.1) is 0 Å². The number of sulfone groups is 1. The van der Waals surface area contributed by atoms with Crippen molar-refractivity contribution in [2.24, 2.45) is 5.73 Å². The van der Waals surface area contributed by atoms with Crippen molar-refractivity contribution in [3.8, 4) is 0 Å². The lowest BCUT2D eigenvalue weighted by atomic mass is 10.1. The summed E-state index contributed by atoms with van der Waals surface area (Å²) in [6.07, 6.45) is -0.124. The van der Waals surface area contributed by atoms with Gasteiger partial charge in [-0.1, -0.05) is 12.1 Å². The predicted molar refractivity (Wildman–Crippen MR) is 52.5 cm³/mol. The van der Waals surface area contributed by atoms with Crippen molar-refractivity contribution >= 4 is 9.84 Å². The molecule has 0 radical (unpaired) electrons. The number of alkyl halides is 1. The standard InChI is InChI=1S/C9H12FNO2S/c1-14(12,13)8-4-2-7(3-5-8)9(10)6-11/h2-5,9H,6,11H2,1H3. The summed E-state index contributed by atoms with van der Waals surface area (Å²) < 4.78 is 35.1. The molecule has 78 valence electrons. The SMILES string of the molecule is CS(=O)(=O)c1ccc(C(F)CN)cc1. The number of benzene rings is 1. The molecule has 0 heterocycles. The van der Waals surface area contributed by atoms with Crippen LogP contribution in [0.5, 0.6) is 0 Å². The van der Waals surface area contributed by atoms with E-state index in [-0.39, 0.29) is 11.4 Å². The Balaban J connectivity index is 3.01. The number of nitrogens with two attached hydrogens (primary N) is 1. The van der Waals surface area contributed by atoms with Gasteiger partial charge in [0.15, 0.2) is 9.84 Å². The fraction of sp³-hybridized carbons (Fsp3) is 0.333. The molecule has 2 N–H and O–H groups in total. The molecular weight excluding hydrogens is 205 g/mol. The first-order chi connectivity index (χ1) is 6.45. The zero-order chi connectivity index (χ0) is 10.8. The highest BCUT2D eigenvalue weighted by Crippen LogP contribution is 2.18. The molecule has 0 bridgehead atoms. The third-order valence-corrected chi connectivity index (χ3v) is 3.01. The van der Waals surface area contributed by atoms with Crippen LogP contribution in [0.4, 0.5) is 4.39 Å². The van der Waals surface area contributed by atoms with Crippen LogP contribution in [-0.4, -0.2) is 21.2 Å².